The standard InChI is InChI=1S/C15H20N2O4/c1-10-3-4-12(9-11(10)2)16-14(20)17-15(13(18)19)5-7-21-8-6-15/h3-4,9H,5-8H2,1-2H3,(H,18,19)(H2,16,17,20). The first-order valence-corrected chi connectivity index (χ1v) is 6.90. The van der Waals surface area contributed by atoms with E-state index in [1.807, 2.05) is 26.0 Å². The molecule has 1 heterocycles. The first kappa shape index (κ1) is 15.3. The summed E-state index contributed by atoms with van der Waals surface area (Å²) in [5.41, 5.74) is 1.59. The van der Waals surface area contributed by atoms with Gasteiger partial charge in [-0.05, 0) is 37.1 Å². The van der Waals surface area contributed by atoms with Gasteiger partial charge in [0.15, 0.2) is 0 Å². The Labute approximate surface area is 123 Å². The van der Waals surface area contributed by atoms with E-state index < -0.39 is 17.5 Å². The highest BCUT2D eigenvalue weighted by molar-refractivity contribution is 5.94. The van der Waals surface area contributed by atoms with Gasteiger partial charge < -0.3 is 20.5 Å². The fourth-order valence-corrected chi connectivity index (χ4v) is 2.31. The monoisotopic (exact) mass is 292 g/mol. The van der Waals surface area contributed by atoms with Gasteiger partial charge >= 0.3 is 12.0 Å². The van der Waals surface area contributed by atoms with Crippen molar-refractivity contribution in [3.05, 3.63) is 29.3 Å². The van der Waals surface area contributed by atoms with Crippen molar-refractivity contribution < 1.29 is 19.4 Å². The van der Waals surface area contributed by atoms with Gasteiger partial charge in [-0.3, -0.25) is 0 Å². The van der Waals surface area contributed by atoms with E-state index >= 15 is 0 Å². The third-order valence-corrected chi connectivity index (χ3v) is 3.87. The number of benzene rings is 1. The average molecular weight is 292 g/mol. The first-order valence-electron chi connectivity index (χ1n) is 6.90. The minimum Gasteiger partial charge on any atom is -0.480 e. The van der Waals surface area contributed by atoms with Crippen molar-refractivity contribution in [2.45, 2.75) is 32.2 Å². The van der Waals surface area contributed by atoms with Gasteiger partial charge in [-0.25, -0.2) is 9.59 Å². The number of carbonyl (C=O) groups excluding carboxylic acids is 1. The highest BCUT2D eigenvalue weighted by Crippen LogP contribution is 2.21. The largest absolute Gasteiger partial charge is 0.480 e. The van der Waals surface area contributed by atoms with Crippen LogP contribution in [0.5, 0.6) is 0 Å². The highest BCUT2D eigenvalue weighted by Gasteiger charge is 2.41. The molecule has 6 heteroatoms. The molecule has 114 valence electrons. The molecule has 0 aliphatic carbocycles. The molecule has 1 aliphatic rings. The molecule has 0 radical (unpaired) electrons. The molecule has 1 aliphatic heterocycles. The summed E-state index contributed by atoms with van der Waals surface area (Å²) in [4.78, 5) is 23.5. The number of rotatable bonds is 3. The summed E-state index contributed by atoms with van der Waals surface area (Å²) in [6, 6.07) is 5.04. The fourth-order valence-electron chi connectivity index (χ4n) is 2.31. The lowest BCUT2D eigenvalue weighted by Gasteiger charge is -2.33. The van der Waals surface area contributed by atoms with Gasteiger partial charge in [0.05, 0.1) is 0 Å². The van der Waals surface area contributed by atoms with Crippen molar-refractivity contribution in [2.24, 2.45) is 0 Å². The van der Waals surface area contributed by atoms with E-state index in [4.69, 9.17) is 4.74 Å². The zero-order chi connectivity index (χ0) is 15.5. The summed E-state index contributed by atoms with van der Waals surface area (Å²) < 4.78 is 5.17. The zero-order valence-corrected chi connectivity index (χ0v) is 12.2. The molecule has 1 aromatic carbocycles. The number of hydrogen-bond acceptors (Lipinski definition) is 3. The summed E-state index contributed by atoms with van der Waals surface area (Å²) in [6.45, 7) is 4.60. The Hall–Kier alpha value is -2.08. The normalized spacial score (nSPS) is 17.0. The number of carbonyl (C=O) groups is 2. The Bertz CT molecular complexity index is 551. The molecule has 6 nitrogen and oxygen atoms in total. The van der Waals surface area contributed by atoms with Crippen LogP contribution in [0.15, 0.2) is 18.2 Å². The summed E-state index contributed by atoms with van der Waals surface area (Å²) in [7, 11) is 0. The summed E-state index contributed by atoms with van der Waals surface area (Å²) in [5, 5.41) is 14.7. The predicted molar refractivity (Wildman–Crippen MR) is 78.5 cm³/mol. The maximum Gasteiger partial charge on any atom is 0.329 e. The predicted octanol–water partition coefficient (Wildman–Crippen LogP) is 2.06. The lowest BCUT2D eigenvalue weighted by atomic mass is 9.90. The average Bonchev–Trinajstić information content (AvgIpc) is 2.43. The van der Waals surface area contributed by atoms with Gasteiger partial charge in [-0.2, -0.15) is 0 Å². The molecule has 21 heavy (non-hydrogen) atoms. The van der Waals surface area contributed by atoms with Gasteiger partial charge in [-0.1, -0.05) is 6.07 Å². The molecule has 0 unspecified atom stereocenters. The third kappa shape index (κ3) is 3.52. The number of ether oxygens (including phenoxy) is 1. The van der Waals surface area contributed by atoms with Crippen LogP contribution in [0.3, 0.4) is 0 Å². The topological polar surface area (TPSA) is 87.7 Å². The molecule has 0 atom stereocenters. The second-order valence-electron chi connectivity index (χ2n) is 5.38. The zero-order valence-electron chi connectivity index (χ0n) is 12.2. The minimum atomic E-state index is -1.25. The van der Waals surface area contributed by atoms with E-state index in [9.17, 15) is 14.7 Å². The van der Waals surface area contributed by atoms with Gasteiger partial charge in [-0.15, -0.1) is 0 Å². The maximum absolute atomic E-state index is 12.1. The Morgan fingerprint density at radius 1 is 1.19 bits per heavy atom. The number of nitrogens with one attached hydrogen (secondary N) is 2. The van der Waals surface area contributed by atoms with Crippen LogP contribution in [-0.2, 0) is 9.53 Å². The number of carboxylic acid groups (broad SMARTS) is 1. The molecular formula is C15H20N2O4. The van der Waals surface area contributed by atoms with Crippen molar-refractivity contribution in [2.75, 3.05) is 18.5 Å². The summed E-state index contributed by atoms with van der Waals surface area (Å²) in [6.07, 6.45) is 0.533. The number of urea groups is 1. The first-order chi connectivity index (χ1) is 9.93. The van der Waals surface area contributed by atoms with Gasteiger partial charge in [0.1, 0.15) is 5.54 Å². The quantitative estimate of drug-likeness (QED) is 0.795. The molecule has 2 rings (SSSR count). The molecule has 3 N–H and O–H groups in total. The maximum atomic E-state index is 12.1. The van der Waals surface area contributed by atoms with E-state index in [2.05, 4.69) is 10.6 Å². The van der Waals surface area contributed by atoms with Gasteiger partial charge in [0.25, 0.3) is 0 Å². The van der Waals surface area contributed by atoms with E-state index in [-0.39, 0.29) is 12.8 Å². The van der Waals surface area contributed by atoms with Gasteiger partial charge in [0, 0.05) is 31.7 Å². The van der Waals surface area contributed by atoms with Crippen molar-refractivity contribution in [1.82, 2.24) is 5.32 Å². The lowest BCUT2D eigenvalue weighted by molar-refractivity contribution is -0.148. The molecule has 1 fully saturated rings. The number of carboxylic acids is 1. The van der Waals surface area contributed by atoms with Crippen molar-refractivity contribution in [1.29, 1.82) is 0 Å². The van der Waals surface area contributed by atoms with E-state index in [1.54, 1.807) is 6.07 Å². The van der Waals surface area contributed by atoms with Crippen molar-refractivity contribution in [3.63, 3.8) is 0 Å². The Kier molecular flexibility index (Phi) is 4.47. The number of hydrogen-bond donors (Lipinski definition) is 3. The van der Waals surface area contributed by atoms with Crippen LogP contribution >= 0.6 is 0 Å². The fraction of sp³-hybridized carbons (Fsp3) is 0.467. The van der Waals surface area contributed by atoms with Gasteiger partial charge in [0.2, 0.25) is 0 Å². The summed E-state index contributed by atoms with van der Waals surface area (Å²) >= 11 is 0. The van der Waals surface area contributed by atoms with Crippen LogP contribution < -0.4 is 10.6 Å². The number of amides is 2. The molecule has 1 aromatic rings. The third-order valence-electron chi connectivity index (χ3n) is 3.87. The number of aliphatic carboxylic acids is 1. The van der Waals surface area contributed by atoms with E-state index in [0.29, 0.717) is 18.9 Å². The molecule has 2 amide bonds. The molecule has 1 saturated heterocycles. The van der Waals surface area contributed by atoms with Crippen LogP contribution in [0.4, 0.5) is 10.5 Å². The summed E-state index contributed by atoms with van der Waals surface area (Å²) in [5.74, 6) is -1.03. The lowest BCUT2D eigenvalue weighted by Crippen LogP contribution is -2.58. The molecule has 0 bridgehead atoms. The Morgan fingerprint density at radius 3 is 2.43 bits per heavy atom. The van der Waals surface area contributed by atoms with Crippen LogP contribution in [0.25, 0.3) is 0 Å². The van der Waals surface area contributed by atoms with Crippen molar-refractivity contribution >= 4 is 17.7 Å². The second kappa shape index (κ2) is 6.13. The number of aryl methyl sites for hydroxylation is 2. The molecule has 0 saturated carbocycles. The highest BCUT2D eigenvalue weighted by atomic mass is 16.5. The molecule has 0 spiro atoms. The second-order valence-corrected chi connectivity index (χ2v) is 5.38. The van der Waals surface area contributed by atoms with Crippen molar-refractivity contribution in [3.8, 4) is 0 Å². The Morgan fingerprint density at radius 2 is 1.86 bits per heavy atom. The SMILES string of the molecule is Cc1ccc(NC(=O)NC2(C(=O)O)CCOCC2)cc1C. The van der Waals surface area contributed by atoms with Crippen LogP contribution in [0, 0.1) is 13.8 Å². The molecular weight excluding hydrogens is 272 g/mol. The van der Waals surface area contributed by atoms with Crippen LogP contribution in [-0.4, -0.2) is 35.9 Å². The van der Waals surface area contributed by atoms with Crippen LogP contribution in [0.2, 0.25) is 0 Å². The number of anilines is 1. The van der Waals surface area contributed by atoms with Crippen LogP contribution in [0.1, 0.15) is 24.0 Å². The minimum absolute atomic E-state index is 0.267. The Balaban J connectivity index is 2.05. The van der Waals surface area contributed by atoms with E-state index in [0.717, 1.165) is 11.1 Å². The van der Waals surface area contributed by atoms with E-state index in [1.165, 1.54) is 0 Å². The molecule has 0 aromatic heterocycles. The smallest absolute Gasteiger partial charge is 0.329 e.